The molecule has 2 aliphatic rings. The Kier molecular flexibility index (Phi) is 2.58. The van der Waals surface area contributed by atoms with Crippen LogP contribution in [0.15, 0.2) is 12.1 Å². The zero-order valence-electron chi connectivity index (χ0n) is 11.0. The van der Waals surface area contributed by atoms with E-state index in [2.05, 4.69) is 26.0 Å². The minimum Gasteiger partial charge on any atom is -0.496 e. The van der Waals surface area contributed by atoms with Crippen LogP contribution in [0.5, 0.6) is 5.75 Å². The van der Waals surface area contributed by atoms with Gasteiger partial charge in [0, 0.05) is 5.92 Å². The van der Waals surface area contributed by atoms with E-state index in [9.17, 15) is 4.79 Å². The maximum absolute atomic E-state index is 11.6. The van der Waals surface area contributed by atoms with Gasteiger partial charge >= 0.3 is 5.97 Å². The fraction of sp³-hybridized carbons (Fsp3) is 0.533. The van der Waals surface area contributed by atoms with Gasteiger partial charge in [0.1, 0.15) is 11.9 Å². The van der Waals surface area contributed by atoms with Gasteiger partial charge in [0.2, 0.25) is 0 Å². The van der Waals surface area contributed by atoms with Crippen LogP contribution < -0.4 is 4.74 Å². The van der Waals surface area contributed by atoms with E-state index in [0.717, 1.165) is 17.7 Å². The number of ether oxygens (including phenoxy) is 2. The van der Waals surface area contributed by atoms with Crippen LogP contribution in [-0.4, -0.2) is 19.2 Å². The molecule has 1 heterocycles. The molecule has 0 spiro atoms. The van der Waals surface area contributed by atoms with Crippen molar-refractivity contribution in [2.45, 2.75) is 44.6 Å². The fourth-order valence-corrected chi connectivity index (χ4v) is 3.27. The summed E-state index contributed by atoms with van der Waals surface area (Å²) in [5, 5.41) is 0. The van der Waals surface area contributed by atoms with Crippen LogP contribution >= 0.6 is 0 Å². The average molecular weight is 246 g/mol. The molecule has 0 unspecified atom stereocenters. The quantitative estimate of drug-likeness (QED) is 0.715. The molecule has 0 radical (unpaired) electrons. The van der Waals surface area contributed by atoms with Gasteiger partial charge in [-0.1, -0.05) is 13.0 Å². The van der Waals surface area contributed by atoms with Crippen LogP contribution in [-0.2, 0) is 9.53 Å². The van der Waals surface area contributed by atoms with Crippen molar-refractivity contribution in [1.29, 1.82) is 0 Å². The zero-order chi connectivity index (χ0) is 12.9. The second-order valence-corrected chi connectivity index (χ2v) is 5.40. The predicted molar refractivity (Wildman–Crippen MR) is 68.0 cm³/mol. The standard InChI is InChI=1S/C15H18O3/c1-8-4-12-10-5-14(18-15(16)6-10)9(2)11(12)7-13(8)17-3/h4,7,9-10,14H,5-6H2,1-3H3/t9-,10+,14+/m1/s1. The summed E-state index contributed by atoms with van der Waals surface area (Å²) in [6.45, 7) is 4.18. The summed E-state index contributed by atoms with van der Waals surface area (Å²) >= 11 is 0. The minimum absolute atomic E-state index is 0.0381. The predicted octanol–water partition coefficient (Wildman–Crippen LogP) is 2.91. The maximum Gasteiger partial charge on any atom is 0.306 e. The van der Waals surface area contributed by atoms with E-state index in [1.54, 1.807) is 7.11 Å². The Balaban J connectivity index is 2.12. The van der Waals surface area contributed by atoms with Gasteiger partial charge in [0.05, 0.1) is 13.5 Å². The van der Waals surface area contributed by atoms with Gasteiger partial charge in [-0.05, 0) is 42.0 Å². The van der Waals surface area contributed by atoms with Gasteiger partial charge in [0.15, 0.2) is 0 Å². The highest BCUT2D eigenvalue weighted by Gasteiger charge is 2.40. The van der Waals surface area contributed by atoms with Crippen LogP contribution in [0, 0.1) is 6.92 Å². The van der Waals surface area contributed by atoms with Crippen molar-refractivity contribution in [2.24, 2.45) is 0 Å². The Morgan fingerprint density at radius 3 is 2.83 bits per heavy atom. The summed E-state index contributed by atoms with van der Waals surface area (Å²) in [6.07, 6.45) is 1.52. The topological polar surface area (TPSA) is 35.5 Å². The molecule has 18 heavy (non-hydrogen) atoms. The number of benzene rings is 1. The van der Waals surface area contributed by atoms with Gasteiger partial charge in [-0.2, -0.15) is 0 Å². The van der Waals surface area contributed by atoms with E-state index in [1.807, 2.05) is 0 Å². The number of aryl methyl sites for hydroxylation is 1. The van der Waals surface area contributed by atoms with E-state index in [1.165, 1.54) is 11.1 Å². The largest absolute Gasteiger partial charge is 0.496 e. The highest BCUT2D eigenvalue weighted by Crippen LogP contribution is 2.46. The lowest BCUT2D eigenvalue weighted by atomic mass is 9.72. The van der Waals surface area contributed by atoms with E-state index in [4.69, 9.17) is 9.47 Å². The van der Waals surface area contributed by atoms with E-state index in [-0.39, 0.29) is 18.0 Å². The first kappa shape index (κ1) is 11.6. The Hall–Kier alpha value is -1.51. The van der Waals surface area contributed by atoms with Crippen LogP contribution in [0.2, 0.25) is 0 Å². The molecule has 1 fully saturated rings. The number of carbonyl (C=O) groups excluding carboxylic acids is 1. The molecule has 0 saturated carbocycles. The molecule has 3 heteroatoms. The first-order valence-corrected chi connectivity index (χ1v) is 6.48. The third-order valence-electron chi connectivity index (χ3n) is 4.30. The first-order valence-electron chi connectivity index (χ1n) is 6.48. The van der Waals surface area contributed by atoms with Crippen LogP contribution in [0.4, 0.5) is 0 Å². The number of hydrogen-bond donors (Lipinski definition) is 0. The second kappa shape index (κ2) is 4.01. The molecule has 96 valence electrons. The molecule has 1 aliphatic carbocycles. The van der Waals surface area contributed by atoms with Crippen molar-refractivity contribution in [3.8, 4) is 5.75 Å². The highest BCUT2D eigenvalue weighted by molar-refractivity contribution is 5.73. The van der Waals surface area contributed by atoms with Crippen molar-refractivity contribution in [3.05, 3.63) is 28.8 Å². The number of esters is 1. The summed E-state index contributed by atoms with van der Waals surface area (Å²) < 4.78 is 10.8. The number of carbonyl (C=O) groups is 1. The summed E-state index contributed by atoms with van der Waals surface area (Å²) in [5.74, 6) is 1.45. The molecule has 1 aromatic rings. The smallest absolute Gasteiger partial charge is 0.306 e. The molecular formula is C15H18O3. The van der Waals surface area contributed by atoms with Crippen molar-refractivity contribution >= 4 is 5.97 Å². The van der Waals surface area contributed by atoms with Crippen LogP contribution in [0.3, 0.4) is 0 Å². The lowest BCUT2D eigenvalue weighted by Crippen LogP contribution is -2.36. The normalized spacial score (nSPS) is 29.5. The lowest BCUT2D eigenvalue weighted by Gasteiger charge is -2.40. The number of hydrogen-bond acceptors (Lipinski definition) is 3. The highest BCUT2D eigenvalue weighted by atomic mass is 16.5. The average Bonchev–Trinajstić information content (AvgIpc) is 2.35. The third kappa shape index (κ3) is 1.61. The van der Waals surface area contributed by atoms with Gasteiger partial charge in [-0.15, -0.1) is 0 Å². The van der Waals surface area contributed by atoms with Gasteiger partial charge in [-0.3, -0.25) is 4.79 Å². The number of fused-ring (bicyclic) bond motifs is 4. The minimum atomic E-state index is -0.0535. The molecule has 1 aromatic carbocycles. The molecular weight excluding hydrogens is 228 g/mol. The Labute approximate surface area is 107 Å². The first-order chi connectivity index (χ1) is 8.60. The van der Waals surface area contributed by atoms with Crippen molar-refractivity contribution in [2.75, 3.05) is 7.11 Å². The van der Waals surface area contributed by atoms with E-state index < -0.39 is 0 Å². The van der Waals surface area contributed by atoms with E-state index >= 15 is 0 Å². The second-order valence-electron chi connectivity index (χ2n) is 5.40. The van der Waals surface area contributed by atoms with Crippen molar-refractivity contribution in [1.82, 2.24) is 0 Å². The van der Waals surface area contributed by atoms with Crippen molar-refractivity contribution in [3.63, 3.8) is 0 Å². The Morgan fingerprint density at radius 1 is 1.33 bits per heavy atom. The number of methoxy groups -OCH3 is 1. The molecule has 1 aliphatic heterocycles. The fourth-order valence-electron chi connectivity index (χ4n) is 3.27. The molecule has 3 nitrogen and oxygen atoms in total. The SMILES string of the molecule is COc1cc2c(cc1C)[C@@H]1CC(=O)O[C@@H](C1)[C@@H]2C. The third-order valence-corrected chi connectivity index (χ3v) is 4.30. The van der Waals surface area contributed by atoms with E-state index in [0.29, 0.717) is 12.3 Å². The van der Waals surface area contributed by atoms with Crippen LogP contribution in [0.1, 0.15) is 48.3 Å². The van der Waals surface area contributed by atoms with Gasteiger partial charge in [-0.25, -0.2) is 0 Å². The maximum atomic E-state index is 11.6. The molecule has 0 N–H and O–H groups in total. The van der Waals surface area contributed by atoms with Gasteiger partial charge in [0.25, 0.3) is 0 Å². The van der Waals surface area contributed by atoms with Crippen molar-refractivity contribution < 1.29 is 14.3 Å². The molecule has 2 bridgehead atoms. The molecule has 1 saturated heterocycles. The monoisotopic (exact) mass is 246 g/mol. The zero-order valence-corrected chi connectivity index (χ0v) is 11.0. The molecule has 0 aromatic heterocycles. The van der Waals surface area contributed by atoms with Gasteiger partial charge < -0.3 is 9.47 Å². The lowest BCUT2D eigenvalue weighted by molar-refractivity contribution is -0.156. The Bertz CT molecular complexity index is 507. The summed E-state index contributed by atoms with van der Waals surface area (Å²) in [5.41, 5.74) is 3.74. The Morgan fingerprint density at radius 2 is 2.11 bits per heavy atom. The molecule has 3 atom stereocenters. The summed E-state index contributed by atoms with van der Waals surface area (Å²) in [4.78, 5) is 11.6. The molecule has 0 amide bonds. The van der Waals surface area contributed by atoms with Crippen LogP contribution in [0.25, 0.3) is 0 Å². The summed E-state index contributed by atoms with van der Waals surface area (Å²) in [6, 6.07) is 4.30. The molecule has 3 rings (SSSR count). The number of rotatable bonds is 1. The summed E-state index contributed by atoms with van der Waals surface area (Å²) in [7, 11) is 1.70.